The number of carbonyl (C=O) groups is 3. The van der Waals surface area contributed by atoms with Crippen molar-refractivity contribution in [3.05, 3.63) is 23.8 Å². The fourth-order valence-electron chi connectivity index (χ4n) is 2.35. The average molecular weight is 335 g/mol. The summed E-state index contributed by atoms with van der Waals surface area (Å²) in [7, 11) is 3.65. The number of amides is 3. The minimum absolute atomic E-state index is 0.0815. The summed E-state index contributed by atoms with van der Waals surface area (Å²) in [5.74, 6) is -0.287. The number of benzene rings is 1. The first kappa shape index (κ1) is 21.6. The van der Waals surface area contributed by atoms with Crippen molar-refractivity contribution >= 4 is 30.1 Å². The van der Waals surface area contributed by atoms with Gasteiger partial charge in [0.25, 0.3) is 0 Å². The van der Waals surface area contributed by atoms with Crippen LogP contribution in [0.3, 0.4) is 0 Å². The molecule has 0 aliphatic rings. The highest BCUT2D eigenvalue weighted by molar-refractivity contribution is 5.86. The topological polar surface area (TPSA) is 69.7 Å². The molecule has 0 bridgehead atoms. The first-order valence-electron chi connectivity index (χ1n) is 8.16. The second-order valence-corrected chi connectivity index (χ2v) is 5.34. The van der Waals surface area contributed by atoms with Crippen LogP contribution in [0.2, 0.25) is 0 Å². The van der Waals surface area contributed by atoms with Gasteiger partial charge in [-0.25, -0.2) is 0 Å². The van der Waals surface area contributed by atoms with Crippen LogP contribution in [-0.2, 0) is 14.4 Å². The molecule has 0 spiro atoms. The molecule has 1 atom stereocenters. The van der Waals surface area contributed by atoms with E-state index in [4.69, 9.17) is 0 Å². The third kappa shape index (κ3) is 6.02. The van der Waals surface area contributed by atoms with Crippen molar-refractivity contribution in [2.45, 2.75) is 46.6 Å². The van der Waals surface area contributed by atoms with E-state index in [-0.39, 0.29) is 18.4 Å². The van der Waals surface area contributed by atoms with Crippen LogP contribution < -0.4 is 15.1 Å². The van der Waals surface area contributed by atoms with Crippen molar-refractivity contribution in [1.29, 1.82) is 0 Å². The first-order chi connectivity index (χ1) is 11.4. The van der Waals surface area contributed by atoms with Crippen molar-refractivity contribution in [2.75, 3.05) is 23.9 Å². The van der Waals surface area contributed by atoms with Crippen molar-refractivity contribution in [2.24, 2.45) is 0 Å². The van der Waals surface area contributed by atoms with E-state index in [1.165, 1.54) is 0 Å². The summed E-state index contributed by atoms with van der Waals surface area (Å²) in [5, 5.41) is 2.13. The molecule has 3 amide bonds. The van der Waals surface area contributed by atoms with E-state index >= 15 is 0 Å². The second-order valence-electron chi connectivity index (χ2n) is 5.34. The molecule has 1 rings (SSSR count). The van der Waals surface area contributed by atoms with E-state index in [9.17, 15) is 14.4 Å². The smallest absolute Gasteiger partial charge is 0.226 e. The molecule has 0 fully saturated rings. The summed E-state index contributed by atoms with van der Waals surface area (Å²) >= 11 is 0. The van der Waals surface area contributed by atoms with Gasteiger partial charge in [-0.3, -0.25) is 19.7 Å². The number of nitrogens with zero attached hydrogens (tertiary/aromatic N) is 2. The molecule has 1 aromatic rings. The van der Waals surface area contributed by atoms with Crippen molar-refractivity contribution in [1.82, 2.24) is 5.32 Å². The summed E-state index contributed by atoms with van der Waals surface area (Å²) in [6.07, 6.45) is 2.06. The Morgan fingerprint density at radius 2 is 1.88 bits per heavy atom. The monoisotopic (exact) mass is 335 g/mol. The summed E-state index contributed by atoms with van der Waals surface area (Å²) in [6.45, 7) is 7.95. The van der Waals surface area contributed by atoms with Gasteiger partial charge in [-0.2, -0.15) is 0 Å². The zero-order valence-corrected chi connectivity index (χ0v) is 15.5. The lowest BCUT2D eigenvalue weighted by molar-refractivity contribution is -0.125. The Balaban J connectivity index is 0.00000254. The van der Waals surface area contributed by atoms with Crippen LogP contribution >= 0.6 is 0 Å². The summed E-state index contributed by atoms with van der Waals surface area (Å²) < 4.78 is 0. The van der Waals surface area contributed by atoms with E-state index in [2.05, 4.69) is 5.32 Å². The largest absolute Gasteiger partial charge is 0.370 e. The molecule has 6 heteroatoms. The minimum atomic E-state index is -0.287. The lowest BCUT2D eigenvalue weighted by Crippen LogP contribution is -2.32. The van der Waals surface area contributed by atoms with Gasteiger partial charge in [-0.05, 0) is 31.9 Å². The number of nitrogens with one attached hydrogen (secondary N) is 1. The molecule has 0 heterocycles. The van der Waals surface area contributed by atoms with Crippen molar-refractivity contribution < 1.29 is 14.4 Å². The molecule has 1 N–H and O–H groups in total. The zero-order chi connectivity index (χ0) is 18.7. The Labute approximate surface area is 144 Å². The number of aryl methyl sites for hydroxylation is 1. The third-order valence-electron chi connectivity index (χ3n) is 3.78. The maximum atomic E-state index is 11.4. The highest BCUT2D eigenvalue weighted by Gasteiger charge is 2.18. The fraction of sp³-hybridized carbons (Fsp3) is 0.500. The van der Waals surface area contributed by atoms with Crippen molar-refractivity contribution in [3.8, 4) is 0 Å². The third-order valence-corrected chi connectivity index (χ3v) is 3.78. The van der Waals surface area contributed by atoms with E-state index in [0.717, 1.165) is 23.3 Å². The number of imide groups is 1. The molecule has 0 saturated carbocycles. The van der Waals surface area contributed by atoms with Gasteiger partial charge in [0.15, 0.2) is 0 Å². The minimum Gasteiger partial charge on any atom is -0.370 e. The molecule has 1 aromatic carbocycles. The molecule has 0 aliphatic heterocycles. The number of para-hydroxylation sites is 1. The molecule has 1 unspecified atom stereocenters. The van der Waals surface area contributed by atoms with E-state index < -0.39 is 0 Å². The van der Waals surface area contributed by atoms with Gasteiger partial charge in [-0.1, -0.05) is 26.0 Å². The van der Waals surface area contributed by atoms with Gasteiger partial charge in [0, 0.05) is 26.6 Å². The second kappa shape index (κ2) is 11.2. The van der Waals surface area contributed by atoms with Gasteiger partial charge >= 0.3 is 0 Å². The Morgan fingerprint density at radius 1 is 1.25 bits per heavy atom. The molecule has 6 nitrogen and oxygen atoms in total. The van der Waals surface area contributed by atoms with E-state index in [1.54, 1.807) is 11.9 Å². The lowest BCUT2D eigenvalue weighted by Gasteiger charge is -2.31. The van der Waals surface area contributed by atoms with Crippen LogP contribution in [0.1, 0.15) is 39.2 Å². The SMILES string of the molecule is CC.Cc1cccc(N(C)C(C)CCC(=O)NC=O)c1N(C)C=O. The van der Waals surface area contributed by atoms with Gasteiger partial charge < -0.3 is 9.80 Å². The predicted octanol–water partition coefficient (Wildman–Crippen LogP) is 2.49. The summed E-state index contributed by atoms with van der Waals surface area (Å²) in [6, 6.07) is 5.92. The van der Waals surface area contributed by atoms with Crippen molar-refractivity contribution in [3.63, 3.8) is 0 Å². The Hall–Kier alpha value is -2.37. The van der Waals surface area contributed by atoms with Gasteiger partial charge in [0.1, 0.15) is 0 Å². The first-order valence-corrected chi connectivity index (χ1v) is 8.16. The van der Waals surface area contributed by atoms with Crippen LogP contribution in [0.25, 0.3) is 0 Å². The summed E-state index contributed by atoms with van der Waals surface area (Å²) in [5.41, 5.74) is 2.78. The highest BCUT2D eigenvalue weighted by Crippen LogP contribution is 2.32. The van der Waals surface area contributed by atoms with Crippen LogP contribution in [-0.4, -0.2) is 38.9 Å². The number of hydrogen-bond donors (Lipinski definition) is 1. The molecule has 0 saturated heterocycles. The molecule has 0 aliphatic carbocycles. The standard InChI is InChI=1S/C16H23N3O3.C2H6/c1-12-6-5-7-14(16(12)18(3)11-21)19(4)13(2)8-9-15(22)17-10-20;1-2/h5-7,10-11,13H,8-9H2,1-4H3,(H,17,20,22);1-2H3. The summed E-state index contributed by atoms with van der Waals surface area (Å²) in [4.78, 5) is 36.3. The normalized spacial score (nSPS) is 10.8. The number of rotatable bonds is 8. The predicted molar refractivity (Wildman–Crippen MR) is 98.3 cm³/mol. The molecule has 24 heavy (non-hydrogen) atoms. The van der Waals surface area contributed by atoms with Crippen LogP contribution in [0.15, 0.2) is 18.2 Å². The average Bonchev–Trinajstić information content (AvgIpc) is 2.60. The lowest BCUT2D eigenvalue weighted by atomic mass is 10.1. The Morgan fingerprint density at radius 3 is 2.42 bits per heavy atom. The van der Waals surface area contributed by atoms with E-state index in [1.807, 2.05) is 57.8 Å². The van der Waals surface area contributed by atoms with Crippen LogP contribution in [0.4, 0.5) is 11.4 Å². The van der Waals surface area contributed by atoms with Gasteiger partial charge in [0.05, 0.1) is 11.4 Å². The molecular formula is C18H29N3O3. The fourth-order valence-corrected chi connectivity index (χ4v) is 2.35. The molecule has 0 radical (unpaired) electrons. The quantitative estimate of drug-likeness (QED) is 0.741. The maximum absolute atomic E-state index is 11.4. The maximum Gasteiger partial charge on any atom is 0.226 e. The van der Waals surface area contributed by atoms with Gasteiger partial charge in [-0.15, -0.1) is 0 Å². The number of carbonyl (C=O) groups excluding carboxylic acids is 3. The molecular weight excluding hydrogens is 306 g/mol. The number of hydrogen-bond acceptors (Lipinski definition) is 4. The highest BCUT2D eigenvalue weighted by atomic mass is 16.2. The van der Waals surface area contributed by atoms with E-state index in [0.29, 0.717) is 12.8 Å². The Kier molecular flexibility index (Phi) is 10.1. The zero-order valence-electron chi connectivity index (χ0n) is 15.5. The Bertz CT molecular complexity index is 546. The van der Waals surface area contributed by atoms with Crippen LogP contribution in [0.5, 0.6) is 0 Å². The number of anilines is 2. The molecule has 134 valence electrons. The van der Waals surface area contributed by atoms with Gasteiger partial charge in [0.2, 0.25) is 18.7 Å². The molecule has 0 aromatic heterocycles. The van der Waals surface area contributed by atoms with Crippen LogP contribution in [0, 0.1) is 6.92 Å².